The summed E-state index contributed by atoms with van der Waals surface area (Å²) in [7, 11) is 1.68. The zero-order chi connectivity index (χ0) is 19.3. The van der Waals surface area contributed by atoms with Crippen molar-refractivity contribution in [1.82, 2.24) is 14.3 Å². The zero-order valence-corrected chi connectivity index (χ0v) is 17.3. The second kappa shape index (κ2) is 8.90. The maximum absolute atomic E-state index is 12.7. The lowest BCUT2D eigenvalue weighted by Gasteiger charge is -2.35. The Morgan fingerprint density at radius 2 is 1.96 bits per heavy atom. The van der Waals surface area contributed by atoms with Crippen LogP contribution in [0.25, 0.3) is 0 Å². The number of aromatic nitrogens is 2. The van der Waals surface area contributed by atoms with Crippen LogP contribution in [0.2, 0.25) is 0 Å². The number of anilines is 1. The van der Waals surface area contributed by atoms with E-state index < -0.39 is 0 Å². The van der Waals surface area contributed by atoms with Crippen LogP contribution in [0.15, 0.2) is 24.3 Å². The summed E-state index contributed by atoms with van der Waals surface area (Å²) in [6.07, 6.45) is 6.12. The van der Waals surface area contributed by atoms with Crippen LogP contribution in [0.3, 0.4) is 0 Å². The van der Waals surface area contributed by atoms with Gasteiger partial charge in [0.2, 0.25) is 11.0 Å². The standard InChI is InChI=1S/C21H28N4O2S/c1-27-18-7-5-6-16(14-18)15-19-22-21(28-23-19)25-12-8-17(9-13-25)20(26)24-10-3-2-4-11-24/h5-7,14,17H,2-4,8-13,15H2,1H3. The summed E-state index contributed by atoms with van der Waals surface area (Å²) in [5.74, 6) is 2.25. The highest BCUT2D eigenvalue weighted by molar-refractivity contribution is 7.09. The average molecular weight is 401 g/mol. The van der Waals surface area contributed by atoms with E-state index in [1.54, 1.807) is 7.11 Å². The van der Waals surface area contributed by atoms with Crippen molar-refractivity contribution < 1.29 is 9.53 Å². The van der Waals surface area contributed by atoms with Crippen LogP contribution < -0.4 is 9.64 Å². The van der Waals surface area contributed by atoms with Crippen molar-refractivity contribution >= 4 is 22.6 Å². The number of hydrogen-bond donors (Lipinski definition) is 0. The summed E-state index contributed by atoms with van der Waals surface area (Å²) in [5, 5.41) is 0.974. The summed E-state index contributed by atoms with van der Waals surface area (Å²) in [4.78, 5) is 21.8. The van der Waals surface area contributed by atoms with E-state index in [4.69, 9.17) is 9.72 Å². The van der Waals surface area contributed by atoms with Crippen molar-refractivity contribution in [3.05, 3.63) is 35.7 Å². The first kappa shape index (κ1) is 19.2. The quantitative estimate of drug-likeness (QED) is 0.770. The molecule has 0 bridgehead atoms. The highest BCUT2D eigenvalue weighted by Gasteiger charge is 2.30. The van der Waals surface area contributed by atoms with Gasteiger partial charge in [-0.15, -0.1) is 0 Å². The Labute approximate surface area is 170 Å². The van der Waals surface area contributed by atoms with Gasteiger partial charge in [0, 0.05) is 50.1 Å². The third-order valence-electron chi connectivity index (χ3n) is 5.74. The van der Waals surface area contributed by atoms with Crippen LogP contribution in [0, 0.1) is 5.92 Å². The van der Waals surface area contributed by atoms with Gasteiger partial charge in [-0.2, -0.15) is 4.37 Å². The molecule has 2 aromatic rings. The maximum Gasteiger partial charge on any atom is 0.225 e. The van der Waals surface area contributed by atoms with Crippen molar-refractivity contribution in [3.63, 3.8) is 0 Å². The number of piperidine rings is 2. The second-order valence-electron chi connectivity index (χ2n) is 7.67. The Bertz CT molecular complexity index is 795. The van der Waals surface area contributed by atoms with E-state index in [-0.39, 0.29) is 5.92 Å². The molecule has 1 aromatic carbocycles. The molecule has 0 spiro atoms. The summed E-state index contributed by atoms with van der Waals surface area (Å²) in [6.45, 7) is 3.67. The van der Waals surface area contributed by atoms with Crippen LogP contribution in [-0.2, 0) is 11.2 Å². The van der Waals surface area contributed by atoms with Gasteiger partial charge >= 0.3 is 0 Å². The van der Waals surface area contributed by atoms with Crippen molar-refractivity contribution in [1.29, 1.82) is 0 Å². The molecule has 3 heterocycles. The number of carbonyl (C=O) groups is 1. The molecular weight excluding hydrogens is 372 g/mol. The van der Waals surface area contributed by atoms with Crippen molar-refractivity contribution in [2.45, 2.75) is 38.5 Å². The Kier molecular flexibility index (Phi) is 6.10. The Morgan fingerprint density at radius 1 is 1.18 bits per heavy atom. The van der Waals surface area contributed by atoms with Gasteiger partial charge in [0.1, 0.15) is 11.6 Å². The highest BCUT2D eigenvalue weighted by atomic mass is 32.1. The third-order valence-corrected chi connectivity index (χ3v) is 6.55. The lowest BCUT2D eigenvalue weighted by Crippen LogP contribution is -2.44. The SMILES string of the molecule is COc1cccc(Cc2nsc(N3CCC(C(=O)N4CCCCC4)CC3)n2)c1. The molecule has 7 heteroatoms. The number of methoxy groups -OCH3 is 1. The van der Waals surface area contributed by atoms with Gasteiger partial charge in [-0.3, -0.25) is 4.79 Å². The van der Waals surface area contributed by atoms with Gasteiger partial charge in [0.05, 0.1) is 7.11 Å². The van der Waals surface area contributed by atoms with E-state index >= 15 is 0 Å². The predicted molar refractivity (Wildman–Crippen MR) is 111 cm³/mol. The maximum atomic E-state index is 12.7. The first-order valence-corrected chi connectivity index (χ1v) is 11.0. The molecule has 0 N–H and O–H groups in total. The Morgan fingerprint density at radius 3 is 2.71 bits per heavy atom. The summed E-state index contributed by atoms with van der Waals surface area (Å²) in [6, 6.07) is 8.03. The molecule has 0 atom stereocenters. The molecule has 2 aliphatic rings. The summed E-state index contributed by atoms with van der Waals surface area (Å²) < 4.78 is 9.83. The zero-order valence-electron chi connectivity index (χ0n) is 16.5. The topological polar surface area (TPSA) is 58.6 Å². The molecule has 2 saturated heterocycles. The fraction of sp³-hybridized carbons (Fsp3) is 0.571. The summed E-state index contributed by atoms with van der Waals surface area (Å²) >= 11 is 1.46. The van der Waals surface area contributed by atoms with E-state index in [1.165, 1.54) is 18.0 Å². The number of likely N-dealkylation sites (tertiary alicyclic amines) is 1. The molecule has 1 amide bonds. The van der Waals surface area contributed by atoms with Gasteiger partial charge < -0.3 is 14.5 Å². The van der Waals surface area contributed by atoms with Crippen LogP contribution in [0.5, 0.6) is 5.75 Å². The first-order valence-electron chi connectivity index (χ1n) is 10.2. The number of carbonyl (C=O) groups excluding carboxylic acids is 1. The van der Waals surface area contributed by atoms with Crippen molar-refractivity contribution in [2.75, 3.05) is 38.2 Å². The van der Waals surface area contributed by atoms with E-state index in [0.29, 0.717) is 12.3 Å². The molecule has 2 aliphatic heterocycles. The van der Waals surface area contributed by atoms with E-state index in [2.05, 4.69) is 20.2 Å². The fourth-order valence-corrected chi connectivity index (χ4v) is 4.84. The molecule has 6 nitrogen and oxygen atoms in total. The average Bonchev–Trinajstić information content (AvgIpc) is 3.22. The summed E-state index contributed by atoms with van der Waals surface area (Å²) in [5.41, 5.74) is 1.15. The van der Waals surface area contributed by atoms with Gasteiger partial charge in [-0.05, 0) is 49.8 Å². The van der Waals surface area contributed by atoms with Crippen molar-refractivity contribution in [2.24, 2.45) is 5.92 Å². The molecule has 0 saturated carbocycles. The van der Waals surface area contributed by atoms with Crippen LogP contribution >= 0.6 is 11.5 Å². The molecule has 1 aromatic heterocycles. The lowest BCUT2D eigenvalue weighted by molar-refractivity contribution is -0.137. The highest BCUT2D eigenvalue weighted by Crippen LogP contribution is 2.27. The minimum Gasteiger partial charge on any atom is -0.497 e. The van der Waals surface area contributed by atoms with Gasteiger partial charge in [0.25, 0.3) is 0 Å². The van der Waals surface area contributed by atoms with Gasteiger partial charge in [-0.1, -0.05) is 12.1 Å². The number of hydrogen-bond acceptors (Lipinski definition) is 6. The fourth-order valence-electron chi connectivity index (χ4n) is 4.10. The molecule has 28 heavy (non-hydrogen) atoms. The van der Waals surface area contributed by atoms with Crippen LogP contribution in [0.1, 0.15) is 43.5 Å². The normalized spacial score (nSPS) is 18.3. The molecule has 150 valence electrons. The minimum absolute atomic E-state index is 0.179. The number of nitrogens with zero attached hydrogens (tertiary/aromatic N) is 4. The van der Waals surface area contributed by atoms with E-state index in [9.17, 15) is 4.79 Å². The van der Waals surface area contributed by atoms with E-state index in [0.717, 1.165) is 74.1 Å². The predicted octanol–water partition coefficient (Wildman–Crippen LogP) is 3.37. The lowest BCUT2D eigenvalue weighted by atomic mass is 9.94. The number of amides is 1. The monoisotopic (exact) mass is 400 g/mol. The Hall–Kier alpha value is -2.15. The molecule has 0 radical (unpaired) electrons. The van der Waals surface area contributed by atoms with E-state index in [1.807, 2.05) is 18.2 Å². The van der Waals surface area contributed by atoms with Crippen molar-refractivity contribution in [3.8, 4) is 5.75 Å². The number of benzene rings is 1. The second-order valence-corrected chi connectivity index (χ2v) is 8.40. The Balaban J connectivity index is 1.32. The number of rotatable bonds is 5. The number of ether oxygens (including phenoxy) is 1. The molecule has 0 aliphatic carbocycles. The van der Waals surface area contributed by atoms with Crippen LogP contribution in [-0.4, -0.2) is 53.5 Å². The van der Waals surface area contributed by atoms with Gasteiger partial charge in [-0.25, -0.2) is 4.98 Å². The first-order chi connectivity index (χ1) is 13.7. The molecular formula is C21H28N4O2S. The molecule has 0 unspecified atom stereocenters. The smallest absolute Gasteiger partial charge is 0.225 e. The van der Waals surface area contributed by atoms with Gasteiger partial charge in [0.15, 0.2) is 0 Å². The molecule has 4 rings (SSSR count). The minimum atomic E-state index is 0.179. The third kappa shape index (κ3) is 4.46. The van der Waals surface area contributed by atoms with Crippen LogP contribution in [0.4, 0.5) is 5.13 Å². The molecule has 2 fully saturated rings. The largest absolute Gasteiger partial charge is 0.497 e.